The first-order valence-corrected chi connectivity index (χ1v) is 4.68. The Hall–Kier alpha value is -1.97. The maximum absolute atomic E-state index is 11.4. The first-order valence-electron chi connectivity index (χ1n) is 4.68. The van der Waals surface area contributed by atoms with E-state index in [1.54, 1.807) is 31.6 Å². The SMILES string of the molecule is CCOC(=O)c1cc2ccncc2cn1. The van der Waals surface area contributed by atoms with E-state index in [1.807, 2.05) is 6.07 Å². The van der Waals surface area contributed by atoms with Crippen LogP contribution in [0.2, 0.25) is 0 Å². The molecule has 0 aliphatic carbocycles. The molecule has 0 aromatic carbocycles. The van der Waals surface area contributed by atoms with Crippen LogP contribution < -0.4 is 0 Å². The van der Waals surface area contributed by atoms with Crippen molar-refractivity contribution in [2.24, 2.45) is 0 Å². The van der Waals surface area contributed by atoms with Crippen molar-refractivity contribution in [1.29, 1.82) is 0 Å². The molecule has 0 radical (unpaired) electrons. The van der Waals surface area contributed by atoms with Gasteiger partial charge in [-0.3, -0.25) is 4.98 Å². The van der Waals surface area contributed by atoms with Crippen LogP contribution in [-0.2, 0) is 4.74 Å². The number of nitrogens with zero attached hydrogens (tertiary/aromatic N) is 2. The first kappa shape index (κ1) is 9.58. The largest absolute Gasteiger partial charge is 0.461 e. The van der Waals surface area contributed by atoms with Gasteiger partial charge in [0, 0.05) is 24.0 Å². The number of esters is 1. The molecule has 2 aromatic heterocycles. The molecule has 0 unspecified atom stereocenters. The summed E-state index contributed by atoms with van der Waals surface area (Å²) in [4.78, 5) is 19.4. The molecule has 0 amide bonds. The van der Waals surface area contributed by atoms with Gasteiger partial charge in [-0.05, 0) is 24.4 Å². The lowest BCUT2D eigenvalue weighted by atomic mass is 10.2. The van der Waals surface area contributed by atoms with Crippen molar-refractivity contribution in [2.45, 2.75) is 6.92 Å². The predicted molar refractivity (Wildman–Crippen MR) is 55.5 cm³/mol. The summed E-state index contributed by atoms with van der Waals surface area (Å²) < 4.78 is 4.86. The summed E-state index contributed by atoms with van der Waals surface area (Å²) in [7, 11) is 0. The van der Waals surface area contributed by atoms with Crippen LogP contribution in [0.15, 0.2) is 30.7 Å². The molecule has 4 nitrogen and oxygen atoms in total. The molecule has 0 bridgehead atoms. The van der Waals surface area contributed by atoms with Gasteiger partial charge in [0.15, 0.2) is 0 Å². The van der Waals surface area contributed by atoms with Crippen LogP contribution in [0.1, 0.15) is 17.4 Å². The van der Waals surface area contributed by atoms with Crippen molar-refractivity contribution in [2.75, 3.05) is 6.61 Å². The Kier molecular flexibility index (Phi) is 2.58. The van der Waals surface area contributed by atoms with E-state index in [0.29, 0.717) is 12.3 Å². The average Bonchev–Trinajstić information content (AvgIpc) is 2.29. The highest BCUT2D eigenvalue weighted by Gasteiger charge is 2.08. The molecule has 0 saturated heterocycles. The van der Waals surface area contributed by atoms with Gasteiger partial charge in [0.1, 0.15) is 5.69 Å². The van der Waals surface area contributed by atoms with Gasteiger partial charge in [0.2, 0.25) is 0 Å². The fraction of sp³-hybridized carbons (Fsp3) is 0.182. The number of carbonyl (C=O) groups is 1. The number of aromatic nitrogens is 2. The summed E-state index contributed by atoms with van der Waals surface area (Å²) in [5.74, 6) is -0.392. The molecule has 0 spiro atoms. The Morgan fingerprint density at radius 2 is 2.27 bits per heavy atom. The van der Waals surface area contributed by atoms with Gasteiger partial charge < -0.3 is 4.74 Å². The third-order valence-electron chi connectivity index (χ3n) is 2.01. The maximum Gasteiger partial charge on any atom is 0.356 e. The lowest BCUT2D eigenvalue weighted by molar-refractivity contribution is 0.0520. The normalized spacial score (nSPS) is 10.2. The van der Waals surface area contributed by atoms with Crippen molar-refractivity contribution in [3.05, 3.63) is 36.4 Å². The quantitative estimate of drug-likeness (QED) is 0.697. The third-order valence-corrected chi connectivity index (χ3v) is 2.01. The minimum atomic E-state index is -0.392. The van der Waals surface area contributed by atoms with Crippen molar-refractivity contribution in [1.82, 2.24) is 9.97 Å². The summed E-state index contributed by atoms with van der Waals surface area (Å²) in [6.45, 7) is 2.12. The maximum atomic E-state index is 11.4. The minimum absolute atomic E-state index is 0.329. The molecule has 0 saturated carbocycles. The van der Waals surface area contributed by atoms with Crippen LogP contribution in [0.3, 0.4) is 0 Å². The minimum Gasteiger partial charge on any atom is -0.461 e. The summed E-state index contributed by atoms with van der Waals surface area (Å²) in [5, 5.41) is 1.84. The summed E-state index contributed by atoms with van der Waals surface area (Å²) in [6, 6.07) is 3.54. The lowest BCUT2D eigenvalue weighted by Gasteiger charge is -2.01. The second-order valence-electron chi connectivity index (χ2n) is 3.01. The summed E-state index contributed by atoms with van der Waals surface area (Å²) in [5.41, 5.74) is 0.329. The third kappa shape index (κ3) is 1.93. The molecular formula is C11H10N2O2. The lowest BCUT2D eigenvalue weighted by Crippen LogP contribution is -2.06. The molecule has 4 heteroatoms. The molecule has 2 aromatic rings. The van der Waals surface area contributed by atoms with E-state index in [9.17, 15) is 4.79 Å². The molecular weight excluding hydrogens is 192 g/mol. The predicted octanol–water partition coefficient (Wildman–Crippen LogP) is 1.81. The van der Waals surface area contributed by atoms with Crippen LogP contribution in [0.25, 0.3) is 10.8 Å². The van der Waals surface area contributed by atoms with Gasteiger partial charge >= 0.3 is 5.97 Å². The van der Waals surface area contributed by atoms with E-state index in [0.717, 1.165) is 10.8 Å². The first-order chi connectivity index (χ1) is 7.31. The smallest absolute Gasteiger partial charge is 0.356 e. The van der Waals surface area contributed by atoms with Gasteiger partial charge in [0.05, 0.1) is 6.61 Å². The Labute approximate surface area is 86.9 Å². The molecule has 2 heterocycles. The highest BCUT2D eigenvalue weighted by Crippen LogP contribution is 2.12. The zero-order valence-corrected chi connectivity index (χ0v) is 8.30. The van der Waals surface area contributed by atoms with Crippen molar-refractivity contribution in [3.8, 4) is 0 Å². The molecule has 0 fully saturated rings. The highest BCUT2D eigenvalue weighted by atomic mass is 16.5. The highest BCUT2D eigenvalue weighted by molar-refractivity contribution is 5.92. The van der Waals surface area contributed by atoms with Crippen molar-refractivity contribution >= 4 is 16.7 Å². The molecule has 76 valence electrons. The zero-order chi connectivity index (χ0) is 10.7. The summed E-state index contributed by atoms with van der Waals surface area (Å²) >= 11 is 0. The Balaban J connectivity index is 2.42. The van der Waals surface area contributed by atoms with E-state index in [1.165, 1.54) is 0 Å². The molecule has 2 rings (SSSR count). The fourth-order valence-corrected chi connectivity index (χ4v) is 1.30. The van der Waals surface area contributed by atoms with Gasteiger partial charge in [-0.15, -0.1) is 0 Å². The number of carbonyl (C=O) groups excluding carboxylic acids is 1. The summed E-state index contributed by atoms with van der Waals surface area (Å²) in [6.07, 6.45) is 5.00. The van der Waals surface area contributed by atoms with Crippen LogP contribution >= 0.6 is 0 Å². The molecule has 0 N–H and O–H groups in total. The van der Waals surface area contributed by atoms with E-state index in [2.05, 4.69) is 9.97 Å². The molecule has 0 atom stereocenters. The number of rotatable bonds is 2. The van der Waals surface area contributed by atoms with Gasteiger partial charge in [-0.25, -0.2) is 9.78 Å². The van der Waals surface area contributed by atoms with E-state index < -0.39 is 5.97 Å². The van der Waals surface area contributed by atoms with Crippen LogP contribution in [-0.4, -0.2) is 22.5 Å². The topological polar surface area (TPSA) is 52.1 Å². The Morgan fingerprint density at radius 1 is 1.40 bits per heavy atom. The van der Waals surface area contributed by atoms with Gasteiger partial charge in [-0.2, -0.15) is 0 Å². The number of ether oxygens (including phenoxy) is 1. The van der Waals surface area contributed by atoms with Gasteiger partial charge in [-0.1, -0.05) is 0 Å². The average molecular weight is 202 g/mol. The number of hydrogen-bond acceptors (Lipinski definition) is 4. The molecule has 0 aliphatic heterocycles. The number of fused-ring (bicyclic) bond motifs is 1. The monoisotopic (exact) mass is 202 g/mol. The Morgan fingerprint density at radius 3 is 3.07 bits per heavy atom. The van der Waals surface area contributed by atoms with E-state index in [-0.39, 0.29) is 0 Å². The number of hydrogen-bond donors (Lipinski definition) is 0. The van der Waals surface area contributed by atoms with Crippen LogP contribution in [0, 0.1) is 0 Å². The zero-order valence-electron chi connectivity index (χ0n) is 8.30. The van der Waals surface area contributed by atoms with Crippen LogP contribution in [0.5, 0.6) is 0 Å². The Bertz CT molecular complexity index is 497. The van der Waals surface area contributed by atoms with Gasteiger partial charge in [0.25, 0.3) is 0 Å². The van der Waals surface area contributed by atoms with E-state index in [4.69, 9.17) is 4.74 Å². The molecule has 0 aliphatic rings. The van der Waals surface area contributed by atoms with Crippen molar-refractivity contribution in [3.63, 3.8) is 0 Å². The fourth-order valence-electron chi connectivity index (χ4n) is 1.30. The number of pyridine rings is 2. The second kappa shape index (κ2) is 4.04. The standard InChI is InChI=1S/C11H10N2O2/c1-2-15-11(14)10-5-8-3-4-12-6-9(8)7-13-10/h3-7H,2H2,1H3. The van der Waals surface area contributed by atoms with Crippen LogP contribution in [0.4, 0.5) is 0 Å². The van der Waals surface area contributed by atoms with Crippen molar-refractivity contribution < 1.29 is 9.53 Å². The van der Waals surface area contributed by atoms with E-state index >= 15 is 0 Å². The molecule has 15 heavy (non-hydrogen) atoms. The second-order valence-corrected chi connectivity index (χ2v) is 3.01.